The molecule has 0 amide bonds. The van der Waals surface area contributed by atoms with E-state index in [2.05, 4.69) is 221 Å². The van der Waals surface area contributed by atoms with Gasteiger partial charge in [-0.05, 0) is 125 Å². The molecule has 1 heteroatoms. The largest absolute Gasteiger partial charge is 0.317 e. The fourth-order valence-corrected chi connectivity index (χ4v) is 10.3. The number of anilines is 1. The van der Waals surface area contributed by atoms with E-state index in [9.17, 15) is 0 Å². The van der Waals surface area contributed by atoms with Crippen molar-refractivity contribution in [3.05, 3.63) is 233 Å². The summed E-state index contributed by atoms with van der Waals surface area (Å²) < 4.78 is 0. The highest BCUT2D eigenvalue weighted by atomic mass is 15.2. The Labute approximate surface area is 349 Å². The summed E-state index contributed by atoms with van der Waals surface area (Å²) in [5.41, 5.74) is 25.1. The van der Waals surface area contributed by atoms with E-state index < -0.39 is 0 Å². The average molecular weight is 758 g/mol. The zero-order valence-electron chi connectivity index (χ0n) is 34.3. The van der Waals surface area contributed by atoms with E-state index in [0.717, 1.165) is 12.8 Å². The average Bonchev–Trinajstić information content (AvgIpc) is 4.06. The SMILES string of the molecule is CC1(C)c2ccccc2-c2ccc(C3=CC=C(N(C4=CC=C(c5ccc6c(c5)C(C)(C)c5ccccc5-6)C4)c4ccc(-c5ccc(-c6ccccc6)cc5)cc4)C3)cc21. The van der Waals surface area contributed by atoms with Crippen LogP contribution in [0.25, 0.3) is 55.7 Å². The second-order valence-electron chi connectivity index (χ2n) is 17.7. The van der Waals surface area contributed by atoms with Gasteiger partial charge in [0.25, 0.3) is 0 Å². The summed E-state index contributed by atoms with van der Waals surface area (Å²) in [6.45, 7) is 9.48. The maximum absolute atomic E-state index is 2.52. The van der Waals surface area contributed by atoms with Crippen molar-refractivity contribution in [2.24, 2.45) is 0 Å². The molecule has 0 aliphatic heterocycles. The third kappa shape index (κ3) is 5.75. The van der Waals surface area contributed by atoms with Gasteiger partial charge in [0, 0.05) is 40.8 Å². The van der Waals surface area contributed by atoms with Gasteiger partial charge in [-0.25, -0.2) is 0 Å². The molecular weight excluding hydrogens is 711 g/mol. The Bertz CT molecular complexity index is 2810. The van der Waals surface area contributed by atoms with Crippen LogP contribution in [-0.2, 0) is 10.8 Å². The summed E-state index contributed by atoms with van der Waals surface area (Å²) in [6, 6.07) is 60.9. The number of nitrogens with zero attached hydrogens (tertiary/aromatic N) is 1. The lowest BCUT2D eigenvalue weighted by Gasteiger charge is -2.29. The summed E-state index contributed by atoms with van der Waals surface area (Å²) >= 11 is 0. The molecule has 284 valence electrons. The summed E-state index contributed by atoms with van der Waals surface area (Å²) in [7, 11) is 0. The normalized spacial score (nSPS) is 16.3. The minimum atomic E-state index is -0.0285. The molecule has 0 fully saturated rings. The van der Waals surface area contributed by atoms with E-state index >= 15 is 0 Å². The molecule has 0 spiro atoms. The van der Waals surface area contributed by atoms with E-state index in [4.69, 9.17) is 0 Å². The van der Waals surface area contributed by atoms with Crippen molar-refractivity contribution < 1.29 is 0 Å². The lowest BCUT2D eigenvalue weighted by Crippen LogP contribution is -2.21. The Morgan fingerprint density at radius 1 is 0.339 bits per heavy atom. The Kier molecular flexibility index (Phi) is 8.07. The van der Waals surface area contributed by atoms with Gasteiger partial charge in [0.15, 0.2) is 0 Å². The van der Waals surface area contributed by atoms with Crippen molar-refractivity contribution in [1.82, 2.24) is 0 Å². The maximum atomic E-state index is 2.52. The van der Waals surface area contributed by atoms with E-state index in [1.54, 1.807) is 0 Å². The van der Waals surface area contributed by atoms with E-state index in [-0.39, 0.29) is 10.8 Å². The number of hydrogen-bond acceptors (Lipinski definition) is 1. The van der Waals surface area contributed by atoms with Crippen LogP contribution >= 0.6 is 0 Å². The predicted octanol–water partition coefficient (Wildman–Crippen LogP) is 15.2. The molecule has 0 atom stereocenters. The lowest BCUT2D eigenvalue weighted by atomic mass is 9.81. The second kappa shape index (κ2) is 13.4. The summed E-state index contributed by atoms with van der Waals surface area (Å²) in [6.07, 6.45) is 11.1. The van der Waals surface area contributed by atoms with Crippen LogP contribution in [-0.4, -0.2) is 0 Å². The molecule has 0 unspecified atom stereocenters. The first-order valence-electron chi connectivity index (χ1n) is 21.1. The van der Waals surface area contributed by atoms with Crippen LogP contribution in [0.5, 0.6) is 0 Å². The molecule has 7 aromatic rings. The number of hydrogen-bond donors (Lipinski definition) is 0. The molecule has 0 aromatic heterocycles. The lowest BCUT2D eigenvalue weighted by molar-refractivity contribution is 0.660. The molecular formula is C58H47N. The second-order valence-corrected chi connectivity index (χ2v) is 17.7. The van der Waals surface area contributed by atoms with Crippen LogP contribution in [0.1, 0.15) is 73.9 Å². The van der Waals surface area contributed by atoms with Crippen LogP contribution in [0, 0.1) is 0 Å². The molecule has 11 rings (SSSR count). The summed E-state index contributed by atoms with van der Waals surface area (Å²) in [5.74, 6) is 0. The van der Waals surface area contributed by atoms with Gasteiger partial charge in [0.1, 0.15) is 0 Å². The van der Waals surface area contributed by atoms with Crippen LogP contribution in [0.3, 0.4) is 0 Å². The van der Waals surface area contributed by atoms with E-state index in [0.29, 0.717) is 0 Å². The van der Waals surface area contributed by atoms with Gasteiger partial charge < -0.3 is 4.90 Å². The van der Waals surface area contributed by atoms with Crippen molar-refractivity contribution in [1.29, 1.82) is 0 Å². The van der Waals surface area contributed by atoms with Gasteiger partial charge in [0.2, 0.25) is 0 Å². The van der Waals surface area contributed by atoms with Crippen molar-refractivity contribution in [3.8, 4) is 44.5 Å². The highest BCUT2D eigenvalue weighted by molar-refractivity contribution is 5.87. The Hall–Kier alpha value is -6.70. The first-order chi connectivity index (χ1) is 28.7. The molecule has 0 saturated carbocycles. The van der Waals surface area contributed by atoms with Crippen LogP contribution in [0.15, 0.2) is 199 Å². The molecule has 4 aliphatic rings. The molecule has 0 N–H and O–H groups in total. The van der Waals surface area contributed by atoms with Crippen molar-refractivity contribution in [3.63, 3.8) is 0 Å². The third-order valence-electron chi connectivity index (χ3n) is 13.6. The van der Waals surface area contributed by atoms with E-state index in [1.807, 2.05) is 0 Å². The summed E-state index contributed by atoms with van der Waals surface area (Å²) in [5, 5.41) is 0. The van der Waals surface area contributed by atoms with Gasteiger partial charge in [-0.2, -0.15) is 0 Å². The minimum absolute atomic E-state index is 0.0285. The molecule has 7 aromatic carbocycles. The Morgan fingerprint density at radius 3 is 1.19 bits per heavy atom. The van der Waals surface area contributed by atoms with E-state index in [1.165, 1.54) is 106 Å². The molecule has 1 nitrogen and oxygen atoms in total. The Morgan fingerprint density at radius 2 is 0.712 bits per heavy atom. The molecule has 0 radical (unpaired) electrons. The minimum Gasteiger partial charge on any atom is -0.317 e. The van der Waals surface area contributed by atoms with Crippen molar-refractivity contribution in [2.75, 3.05) is 4.90 Å². The fourth-order valence-electron chi connectivity index (χ4n) is 10.3. The topological polar surface area (TPSA) is 3.24 Å². The van der Waals surface area contributed by atoms with Crippen molar-refractivity contribution in [2.45, 2.75) is 51.4 Å². The van der Waals surface area contributed by atoms with Crippen LogP contribution in [0.2, 0.25) is 0 Å². The molecule has 59 heavy (non-hydrogen) atoms. The van der Waals surface area contributed by atoms with Crippen molar-refractivity contribution >= 4 is 16.8 Å². The molecule has 0 bridgehead atoms. The monoisotopic (exact) mass is 757 g/mol. The molecule has 4 aliphatic carbocycles. The quantitative estimate of drug-likeness (QED) is 0.157. The standard InChI is InChI=1S/C58H47N/c1-57(2)53-16-10-8-14-49(53)51-32-26-44(36-55(51)57)42-24-30-47(34-42)59(46-28-22-41(23-29-46)40-20-18-39(19-21-40)38-12-6-5-7-13-38)48-31-25-43(35-48)45-27-33-52-50-15-9-11-17-54(50)58(3,4)56(52)37-45/h5-33,36-37H,34-35H2,1-4H3. The van der Waals surface area contributed by atoms with Gasteiger partial charge in [-0.1, -0.05) is 179 Å². The number of rotatable bonds is 7. The highest BCUT2D eigenvalue weighted by Gasteiger charge is 2.37. The molecule has 0 heterocycles. The zero-order chi connectivity index (χ0) is 39.9. The zero-order valence-corrected chi connectivity index (χ0v) is 34.3. The molecule has 0 saturated heterocycles. The maximum Gasteiger partial charge on any atom is 0.0455 e. The number of fused-ring (bicyclic) bond motifs is 6. The highest BCUT2D eigenvalue weighted by Crippen LogP contribution is 2.51. The predicted molar refractivity (Wildman–Crippen MR) is 249 cm³/mol. The van der Waals surface area contributed by atoms with Gasteiger partial charge in [-0.15, -0.1) is 0 Å². The van der Waals surface area contributed by atoms with Gasteiger partial charge >= 0.3 is 0 Å². The fraction of sp³-hybridized carbons (Fsp3) is 0.138. The van der Waals surface area contributed by atoms with Gasteiger partial charge in [-0.3, -0.25) is 0 Å². The first-order valence-corrected chi connectivity index (χ1v) is 21.1. The summed E-state index contributed by atoms with van der Waals surface area (Å²) in [4.78, 5) is 2.52. The van der Waals surface area contributed by atoms with Crippen LogP contribution < -0.4 is 4.90 Å². The number of benzene rings is 7. The van der Waals surface area contributed by atoms with Crippen LogP contribution in [0.4, 0.5) is 5.69 Å². The number of allylic oxidation sites excluding steroid dienone is 6. The smallest absolute Gasteiger partial charge is 0.0455 e. The first kappa shape index (κ1) is 35.5. The Balaban J connectivity index is 0.897. The van der Waals surface area contributed by atoms with Gasteiger partial charge in [0.05, 0.1) is 0 Å². The third-order valence-corrected chi connectivity index (χ3v) is 13.6.